The zero-order valence-electron chi connectivity index (χ0n) is 19.8. The van der Waals surface area contributed by atoms with E-state index in [9.17, 15) is 35.9 Å². The van der Waals surface area contributed by atoms with E-state index in [1.807, 2.05) is 0 Å². The van der Waals surface area contributed by atoms with Crippen LogP contribution < -0.4 is 10.2 Å². The Bertz CT molecular complexity index is 1360. The second-order valence-corrected chi connectivity index (χ2v) is 9.80. The summed E-state index contributed by atoms with van der Waals surface area (Å²) in [6.07, 6.45) is -6.67. The zero-order chi connectivity index (χ0) is 28.5. The highest BCUT2D eigenvalue weighted by Gasteiger charge is 2.57. The molecule has 2 amide bonds. The van der Waals surface area contributed by atoms with Crippen LogP contribution in [0.15, 0.2) is 65.4 Å². The number of amides is 2. The number of hydrogen-bond donors (Lipinski definition) is 1. The predicted molar refractivity (Wildman–Crippen MR) is 132 cm³/mol. The Balaban J connectivity index is 1.61. The maximum Gasteiger partial charge on any atom is 0.404 e. The SMILES string of the molecule is O=C(Nc1ccc(C(C(F)(F)F)C(F)(F)F)cc1Br)c1cccc(N(CC2CC2)C(=O)c2cccnc2)c1F. The minimum absolute atomic E-state index is 0.156. The monoisotopic (exact) mass is 617 g/mol. The van der Waals surface area contributed by atoms with E-state index in [1.54, 1.807) is 6.07 Å². The molecule has 2 aromatic carbocycles. The number of benzene rings is 2. The number of alkyl halides is 6. The quantitative estimate of drug-likeness (QED) is 0.279. The van der Waals surface area contributed by atoms with E-state index < -0.39 is 47.0 Å². The molecule has 0 saturated heterocycles. The summed E-state index contributed by atoms with van der Waals surface area (Å²) >= 11 is 2.88. The Labute approximate surface area is 226 Å². The standard InChI is InChI=1S/C26H19BrF7N3O2/c27-18-11-15(22(25(29,30)31)26(32,33)34)8-9-19(18)36-23(38)17-4-1-5-20(21(17)28)37(13-14-6-7-14)24(39)16-3-2-10-35-12-16/h1-5,8-12,14,22H,6-7,13H2,(H,36,38). The Hall–Kier alpha value is -3.48. The van der Waals surface area contributed by atoms with Gasteiger partial charge in [-0.05, 0) is 76.7 Å². The third-order valence-electron chi connectivity index (χ3n) is 6.03. The van der Waals surface area contributed by atoms with Crippen molar-refractivity contribution < 1.29 is 40.3 Å². The number of anilines is 2. The Kier molecular flexibility index (Phi) is 8.01. The van der Waals surface area contributed by atoms with Crippen molar-refractivity contribution in [2.24, 2.45) is 5.92 Å². The molecular weight excluding hydrogens is 599 g/mol. The molecule has 206 valence electrons. The average molecular weight is 618 g/mol. The van der Waals surface area contributed by atoms with Gasteiger partial charge in [-0.2, -0.15) is 26.3 Å². The maximum absolute atomic E-state index is 15.6. The summed E-state index contributed by atoms with van der Waals surface area (Å²) < 4.78 is 93.8. The average Bonchev–Trinajstić information content (AvgIpc) is 3.67. The van der Waals surface area contributed by atoms with Crippen LogP contribution in [-0.2, 0) is 0 Å². The van der Waals surface area contributed by atoms with Gasteiger partial charge in [0.1, 0.15) is 0 Å². The third-order valence-corrected chi connectivity index (χ3v) is 6.69. The van der Waals surface area contributed by atoms with Crippen molar-refractivity contribution in [3.05, 3.63) is 87.9 Å². The maximum atomic E-state index is 15.6. The smallest absolute Gasteiger partial charge is 0.321 e. The first kappa shape index (κ1) is 28.5. The van der Waals surface area contributed by atoms with Crippen molar-refractivity contribution in [1.29, 1.82) is 0 Å². The molecule has 1 saturated carbocycles. The van der Waals surface area contributed by atoms with Crippen molar-refractivity contribution >= 4 is 39.1 Å². The fourth-order valence-electron chi connectivity index (χ4n) is 3.96. The number of aromatic nitrogens is 1. The predicted octanol–water partition coefficient (Wildman–Crippen LogP) is 7.50. The third kappa shape index (κ3) is 6.57. The lowest BCUT2D eigenvalue weighted by Crippen LogP contribution is -2.34. The molecule has 1 heterocycles. The lowest BCUT2D eigenvalue weighted by Gasteiger charge is -2.24. The van der Waals surface area contributed by atoms with Gasteiger partial charge >= 0.3 is 12.4 Å². The number of nitrogens with one attached hydrogen (secondary N) is 1. The van der Waals surface area contributed by atoms with Gasteiger partial charge in [0.15, 0.2) is 11.7 Å². The molecule has 5 nitrogen and oxygen atoms in total. The fraction of sp³-hybridized carbons (Fsp3) is 0.269. The van der Waals surface area contributed by atoms with Gasteiger partial charge in [0.2, 0.25) is 0 Å². The van der Waals surface area contributed by atoms with Gasteiger partial charge in [-0.15, -0.1) is 0 Å². The topological polar surface area (TPSA) is 62.3 Å². The summed E-state index contributed by atoms with van der Waals surface area (Å²) in [5, 5.41) is 2.29. The van der Waals surface area contributed by atoms with E-state index in [1.165, 1.54) is 35.5 Å². The largest absolute Gasteiger partial charge is 0.404 e. The molecule has 0 unspecified atom stereocenters. The van der Waals surface area contributed by atoms with Crippen LogP contribution in [0.4, 0.5) is 42.1 Å². The van der Waals surface area contributed by atoms with E-state index in [0.717, 1.165) is 25.0 Å². The number of nitrogens with zero attached hydrogens (tertiary/aromatic N) is 2. The Morgan fingerprint density at radius 3 is 2.28 bits per heavy atom. The molecule has 0 aliphatic heterocycles. The highest BCUT2D eigenvalue weighted by Crippen LogP contribution is 2.47. The second kappa shape index (κ2) is 10.9. The number of carbonyl (C=O) groups is 2. The highest BCUT2D eigenvalue weighted by atomic mass is 79.9. The minimum atomic E-state index is -5.59. The molecule has 0 bridgehead atoms. The summed E-state index contributed by atoms with van der Waals surface area (Å²) in [5.74, 6) is -6.13. The van der Waals surface area contributed by atoms with Crippen LogP contribution in [-0.4, -0.2) is 35.7 Å². The van der Waals surface area contributed by atoms with Crippen molar-refractivity contribution in [2.75, 3.05) is 16.8 Å². The molecule has 13 heteroatoms. The first-order valence-electron chi connectivity index (χ1n) is 11.5. The molecule has 0 radical (unpaired) electrons. The fourth-order valence-corrected chi connectivity index (χ4v) is 4.46. The molecule has 1 N–H and O–H groups in total. The van der Waals surface area contributed by atoms with Crippen molar-refractivity contribution in [3.8, 4) is 0 Å². The zero-order valence-corrected chi connectivity index (χ0v) is 21.4. The lowest BCUT2D eigenvalue weighted by molar-refractivity contribution is -0.253. The summed E-state index contributed by atoms with van der Waals surface area (Å²) in [5.41, 5.74) is -1.69. The number of carbonyl (C=O) groups excluding carboxylic acids is 2. The molecular formula is C26H19BrF7N3O2. The summed E-state index contributed by atoms with van der Waals surface area (Å²) in [7, 11) is 0. The Morgan fingerprint density at radius 1 is 1.03 bits per heavy atom. The molecule has 1 aliphatic carbocycles. The van der Waals surface area contributed by atoms with E-state index in [0.29, 0.717) is 12.1 Å². The highest BCUT2D eigenvalue weighted by molar-refractivity contribution is 9.10. The van der Waals surface area contributed by atoms with E-state index in [-0.39, 0.29) is 33.9 Å². The number of hydrogen-bond acceptors (Lipinski definition) is 3. The summed E-state index contributed by atoms with van der Waals surface area (Å²) in [6, 6.07) is 8.95. The molecule has 1 aromatic heterocycles. The summed E-state index contributed by atoms with van der Waals surface area (Å²) in [6.45, 7) is 0.211. The Morgan fingerprint density at radius 2 is 1.72 bits per heavy atom. The van der Waals surface area contributed by atoms with Gasteiger partial charge < -0.3 is 10.2 Å². The molecule has 1 aliphatic rings. The van der Waals surface area contributed by atoms with Gasteiger partial charge in [0.05, 0.1) is 22.5 Å². The van der Waals surface area contributed by atoms with Crippen LogP contribution in [0.25, 0.3) is 0 Å². The van der Waals surface area contributed by atoms with Crippen LogP contribution in [0.5, 0.6) is 0 Å². The van der Waals surface area contributed by atoms with Crippen LogP contribution in [0.3, 0.4) is 0 Å². The van der Waals surface area contributed by atoms with Crippen LogP contribution >= 0.6 is 15.9 Å². The van der Waals surface area contributed by atoms with Crippen LogP contribution in [0.2, 0.25) is 0 Å². The van der Waals surface area contributed by atoms with Gasteiger partial charge in [0, 0.05) is 23.4 Å². The van der Waals surface area contributed by atoms with E-state index in [4.69, 9.17) is 0 Å². The van der Waals surface area contributed by atoms with Crippen molar-refractivity contribution in [1.82, 2.24) is 4.98 Å². The molecule has 0 spiro atoms. The van der Waals surface area contributed by atoms with Gasteiger partial charge in [-0.3, -0.25) is 14.6 Å². The molecule has 1 fully saturated rings. The molecule has 39 heavy (non-hydrogen) atoms. The van der Waals surface area contributed by atoms with E-state index in [2.05, 4.69) is 26.2 Å². The van der Waals surface area contributed by atoms with Gasteiger partial charge in [0.25, 0.3) is 11.8 Å². The number of pyridine rings is 1. The second-order valence-electron chi connectivity index (χ2n) is 8.95. The number of halogens is 8. The lowest BCUT2D eigenvalue weighted by atomic mass is 9.97. The van der Waals surface area contributed by atoms with Gasteiger partial charge in [-0.25, -0.2) is 4.39 Å². The number of rotatable bonds is 7. The van der Waals surface area contributed by atoms with Crippen LogP contribution in [0, 0.1) is 11.7 Å². The normalized spacial score (nSPS) is 13.9. The minimum Gasteiger partial charge on any atom is -0.321 e. The van der Waals surface area contributed by atoms with Gasteiger partial charge in [-0.1, -0.05) is 12.1 Å². The van der Waals surface area contributed by atoms with Crippen molar-refractivity contribution in [3.63, 3.8) is 0 Å². The first-order chi connectivity index (χ1) is 18.3. The van der Waals surface area contributed by atoms with E-state index >= 15 is 4.39 Å². The molecule has 3 aromatic rings. The summed E-state index contributed by atoms with van der Waals surface area (Å²) in [4.78, 5) is 31.2. The van der Waals surface area contributed by atoms with Crippen LogP contribution in [0.1, 0.15) is 45.0 Å². The van der Waals surface area contributed by atoms with Crippen molar-refractivity contribution in [2.45, 2.75) is 31.1 Å². The first-order valence-corrected chi connectivity index (χ1v) is 12.3. The molecule has 4 rings (SSSR count). The molecule has 0 atom stereocenters.